The largest absolute Gasteiger partial charge is 0.301 e. The molecule has 0 aliphatic heterocycles. The van der Waals surface area contributed by atoms with E-state index < -0.39 is 10.0 Å². The Balaban J connectivity index is 2.24. The minimum Gasteiger partial charge on any atom is -0.301 e. The van der Waals surface area contributed by atoms with E-state index >= 15 is 0 Å². The average Bonchev–Trinajstić information content (AvgIpc) is 2.49. The third-order valence-electron chi connectivity index (χ3n) is 3.96. The zero-order valence-electron chi connectivity index (χ0n) is 14.4. The number of likely N-dealkylation sites (N-methyl/N-ethyl adjacent to an activating group) is 1. The van der Waals surface area contributed by atoms with Gasteiger partial charge in [-0.1, -0.05) is 24.3 Å². The van der Waals surface area contributed by atoms with Gasteiger partial charge >= 0.3 is 0 Å². The summed E-state index contributed by atoms with van der Waals surface area (Å²) in [5.41, 5.74) is 2.30. The summed E-state index contributed by atoms with van der Waals surface area (Å²) in [5.74, 6) is -0.336. The molecule has 2 aromatic carbocycles. The minimum absolute atomic E-state index is 0.159. The van der Waals surface area contributed by atoms with Crippen LogP contribution in [0, 0.1) is 19.7 Å². The van der Waals surface area contributed by atoms with Crippen molar-refractivity contribution in [2.75, 3.05) is 20.6 Å². The summed E-state index contributed by atoms with van der Waals surface area (Å²) in [6, 6.07) is 11.3. The number of hydrogen-bond acceptors (Lipinski definition) is 3. The van der Waals surface area contributed by atoms with Gasteiger partial charge in [0.05, 0.1) is 4.90 Å². The Bertz CT molecular complexity index is 820. The van der Waals surface area contributed by atoms with Gasteiger partial charge in [-0.3, -0.25) is 0 Å². The maximum atomic E-state index is 13.5. The highest BCUT2D eigenvalue weighted by molar-refractivity contribution is 7.89. The van der Waals surface area contributed by atoms with Crippen molar-refractivity contribution in [3.8, 4) is 0 Å². The van der Waals surface area contributed by atoms with Crippen LogP contribution in [0.5, 0.6) is 0 Å². The first-order valence-corrected chi connectivity index (χ1v) is 9.18. The lowest BCUT2D eigenvalue weighted by Crippen LogP contribution is -2.34. The summed E-state index contributed by atoms with van der Waals surface area (Å²) in [6.07, 6.45) is 0. The number of rotatable bonds is 6. The van der Waals surface area contributed by atoms with Crippen molar-refractivity contribution in [3.05, 3.63) is 65.0 Å². The molecule has 0 spiro atoms. The van der Waals surface area contributed by atoms with Crippen molar-refractivity contribution >= 4 is 10.0 Å². The number of benzene rings is 2. The zero-order valence-corrected chi connectivity index (χ0v) is 15.2. The fourth-order valence-corrected chi connectivity index (χ4v) is 3.94. The molecule has 0 bridgehead atoms. The molecule has 0 heterocycles. The predicted molar refractivity (Wildman–Crippen MR) is 93.9 cm³/mol. The minimum atomic E-state index is -3.63. The molecule has 0 amide bonds. The third kappa shape index (κ3) is 4.41. The first-order valence-electron chi connectivity index (χ1n) is 7.69. The lowest BCUT2D eigenvalue weighted by atomic mass is 10.1. The van der Waals surface area contributed by atoms with Crippen LogP contribution in [0.3, 0.4) is 0 Å². The normalized spacial score (nSPS) is 13.2. The highest BCUT2D eigenvalue weighted by Gasteiger charge is 2.21. The lowest BCUT2D eigenvalue weighted by molar-refractivity contribution is 0.299. The van der Waals surface area contributed by atoms with E-state index in [2.05, 4.69) is 4.72 Å². The van der Waals surface area contributed by atoms with E-state index in [4.69, 9.17) is 0 Å². The molecule has 0 fully saturated rings. The lowest BCUT2D eigenvalue weighted by Gasteiger charge is -2.25. The molecule has 130 valence electrons. The molecule has 1 unspecified atom stereocenters. The first kappa shape index (κ1) is 18.6. The van der Waals surface area contributed by atoms with Gasteiger partial charge in [-0.15, -0.1) is 0 Å². The fourth-order valence-electron chi connectivity index (χ4n) is 2.58. The monoisotopic (exact) mass is 350 g/mol. The van der Waals surface area contributed by atoms with Crippen LogP contribution in [0.1, 0.15) is 22.7 Å². The third-order valence-corrected chi connectivity index (χ3v) is 5.52. The molecule has 0 saturated heterocycles. The number of nitrogens with zero attached hydrogens (tertiary/aromatic N) is 1. The Hall–Kier alpha value is -1.76. The second-order valence-corrected chi connectivity index (χ2v) is 7.89. The predicted octanol–water partition coefficient (Wildman–Crippen LogP) is 3.02. The number of hydrogen-bond donors (Lipinski definition) is 1. The van der Waals surface area contributed by atoms with E-state index in [0.717, 1.165) is 11.1 Å². The van der Waals surface area contributed by atoms with Crippen molar-refractivity contribution < 1.29 is 12.8 Å². The van der Waals surface area contributed by atoms with Gasteiger partial charge in [0, 0.05) is 12.6 Å². The zero-order chi connectivity index (χ0) is 17.9. The van der Waals surface area contributed by atoms with E-state index in [-0.39, 0.29) is 23.3 Å². The number of halogens is 1. The fraction of sp³-hybridized carbons (Fsp3) is 0.333. The average molecular weight is 350 g/mol. The molecule has 1 N–H and O–H groups in total. The topological polar surface area (TPSA) is 49.4 Å². The molecular formula is C18H23FN2O2S. The summed E-state index contributed by atoms with van der Waals surface area (Å²) in [4.78, 5) is 2.14. The SMILES string of the molecule is Cc1ccc(C)c(S(=O)(=O)NCC(c2cccc(F)c2)N(C)C)c1. The highest BCUT2D eigenvalue weighted by atomic mass is 32.2. The van der Waals surface area contributed by atoms with E-state index in [0.29, 0.717) is 5.56 Å². The van der Waals surface area contributed by atoms with Crippen molar-refractivity contribution in [2.24, 2.45) is 0 Å². The summed E-state index contributed by atoms with van der Waals surface area (Å²) < 4.78 is 41.4. The van der Waals surface area contributed by atoms with Crippen LogP contribution in [0.15, 0.2) is 47.4 Å². The van der Waals surface area contributed by atoms with Crippen LogP contribution < -0.4 is 4.72 Å². The van der Waals surface area contributed by atoms with Gasteiger partial charge in [-0.25, -0.2) is 17.5 Å². The maximum Gasteiger partial charge on any atom is 0.240 e. The Labute approximate surface area is 143 Å². The molecule has 0 radical (unpaired) electrons. The van der Waals surface area contributed by atoms with Crippen molar-refractivity contribution in [1.82, 2.24) is 9.62 Å². The number of sulfonamides is 1. The molecular weight excluding hydrogens is 327 g/mol. The second kappa shape index (κ2) is 7.42. The second-order valence-electron chi connectivity index (χ2n) is 6.16. The molecule has 24 heavy (non-hydrogen) atoms. The molecule has 0 aliphatic carbocycles. The van der Waals surface area contributed by atoms with Crippen LogP contribution in [0.4, 0.5) is 4.39 Å². The molecule has 0 aromatic heterocycles. The van der Waals surface area contributed by atoms with Crippen molar-refractivity contribution in [3.63, 3.8) is 0 Å². The molecule has 2 rings (SSSR count). The van der Waals surface area contributed by atoms with Crippen LogP contribution in [-0.4, -0.2) is 34.0 Å². The quantitative estimate of drug-likeness (QED) is 0.871. The van der Waals surface area contributed by atoms with E-state index in [1.54, 1.807) is 31.2 Å². The highest BCUT2D eigenvalue weighted by Crippen LogP contribution is 2.21. The molecule has 0 aliphatic rings. The van der Waals surface area contributed by atoms with Gasteiger partial charge in [0.15, 0.2) is 0 Å². The van der Waals surface area contributed by atoms with Crippen molar-refractivity contribution in [1.29, 1.82) is 0 Å². The Morgan fingerprint density at radius 3 is 2.46 bits per heavy atom. The van der Waals surface area contributed by atoms with Gasteiger partial charge in [-0.2, -0.15) is 0 Å². The summed E-state index contributed by atoms with van der Waals surface area (Å²) in [5, 5.41) is 0. The molecule has 1 atom stereocenters. The summed E-state index contributed by atoms with van der Waals surface area (Å²) >= 11 is 0. The van der Waals surface area contributed by atoms with Crippen molar-refractivity contribution in [2.45, 2.75) is 24.8 Å². The van der Waals surface area contributed by atoms with Gasteiger partial charge < -0.3 is 4.90 Å². The number of aryl methyl sites for hydroxylation is 2. The van der Waals surface area contributed by atoms with Crippen LogP contribution in [0.25, 0.3) is 0 Å². The maximum absolute atomic E-state index is 13.5. The molecule has 2 aromatic rings. The van der Waals surface area contributed by atoms with E-state index in [9.17, 15) is 12.8 Å². The smallest absolute Gasteiger partial charge is 0.240 e. The van der Waals surface area contributed by atoms with Crippen LogP contribution in [-0.2, 0) is 10.0 Å². The Morgan fingerprint density at radius 2 is 1.83 bits per heavy atom. The van der Waals surface area contributed by atoms with Gasteiger partial charge in [0.2, 0.25) is 10.0 Å². The molecule has 0 saturated carbocycles. The van der Waals surface area contributed by atoms with Gasteiger partial charge in [0.1, 0.15) is 5.82 Å². The summed E-state index contributed by atoms with van der Waals surface area (Å²) in [6.45, 7) is 3.78. The van der Waals surface area contributed by atoms with Gasteiger partial charge in [-0.05, 0) is 62.8 Å². The molecule has 6 heteroatoms. The Morgan fingerprint density at radius 1 is 1.12 bits per heavy atom. The standard InChI is InChI=1S/C18H23FN2O2S/c1-13-8-9-14(2)18(10-13)24(22,23)20-12-17(21(3)4)15-6-5-7-16(19)11-15/h5-11,17,20H,12H2,1-4H3. The first-order chi connectivity index (χ1) is 11.2. The van der Waals surface area contributed by atoms with Crippen LogP contribution in [0.2, 0.25) is 0 Å². The van der Waals surface area contributed by atoms with Crippen LogP contribution >= 0.6 is 0 Å². The van der Waals surface area contributed by atoms with E-state index in [1.165, 1.54) is 12.1 Å². The Kier molecular flexibility index (Phi) is 5.74. The summed E-state index contributed by atoms with van der Waals surface area (Å²) in [7, 11) is 0.0396. The molecule has 4 nitrogen and oxygen atoms in total. The van der Waals surface area contributed by atoms with Gasteiger partial charge in [0.25, 0.3) is 0 Å². The van der Waals surface area contributed by atoms with E-state index in [1.807, 2.05) is 32.0 Å². The number of nitrogens with one attached hydrogen (secondary N) is 1.